The van der Waals surface area contributed by atoms with E-state index in [1.165, 1.54) is 24.3 Å². The maximum Gasteiger partial charge on any atom is 0.416 e. The molecular weight excluding hydrogens is 593 g/mol. The summed E-state index contributed by atoms with van der Waals surface area (Å²) in [6, 6.07) is 16.3. The Bertz CT molecular complexity index is 1740. The number of fused-ring (bicyclic) bond motifs is 1. The second kappa shape index (κ2) is 12.7. The molecule has 3 aromatic carbocycles. The van der Waals surface area contributed by atoms with E-state index in [1.54, 1.807) is 25.1 Å². The van der Waals surface area contributed by atoms with Crippen LogP contribution in [0.5, 0.6) is 17.4 Å². The fraction of sp³-hybridized carbons (Fsp3) is 0.219. The number of carbonyl (C=O) groups excluding carboxylic acids is 3. The Balaban J connectivity index is 1.37. The summed E-state index contributed by atoms with van der Waals surface area (Å²) < 4.78 is 51.3. The fourth-order valence-corrected chi connectivity index (χ4v) is 4.56. The summed E-state index contributed by atoms with van der Waals surface area (Å²) in [5.74, 6) is -2.05. The largest absolute Gasteiger partial charge is 0.491 e. The van der Waals surface area contributed by atoms with Crippen LogP contribution in [0.3, 0.4) is 0 Å². The van der Waals surface area contributed by atoms with Crippen LogP contribution in [0, 0.1) is 20.8 Å². The molecule has 5 rings (SSSR count). The van der Waals surface area contributed by atoms with Crippen LogP contribution < -0.4 is 14.8 Å². The minimum absolute atomic E-state index is 0.128. The maximum absolute atomic E-state index is 13.6. The van der Waals surface area contributed by atoms with Crippen LogP contribution in [0.2, 0.25) is 0 Å². The van der Waals surface area contributed by atoms with E-state index in [4.69, 9.17) is 14.3 Å². The Morgan fingerprint density at radius 1 is 0.889 bits per heavy atom. The van der Waals surface area contributed by atoms with E-state index in [1.807, 2.05) is 26.0 Å². The number of imide groups is 1. The molecule has 0 bridgehead atoms. The van der Waals surface area contributed by atoms with Crippen molar-refractivity contribution < 1.29 is 41.9 Å². The third kappa shape index (κ3) is 7.10. The van der Waals surface area contributed by atoms with Gasteiger partial charge in [0.1, 0.15) is 23.7 Å². The highest BCUT2D eigenvalue weighted by molar-refractivity contribution is 6.20. The lowest BCUT2D eigenvalue weighted by Gasteiger charge is -2.22. The molecule has 0 saturated heterocycles. The van der Waals surface area contributed by atoms with E-state index >= 15 is 0 Å². The van der Waals surface area contributed by atoms with E-state index in [9.17, 15) is 27.6 Å². The quantitative estimate of drug-likeness (QED) is 0.227. The van der Waals surface area contributed by atoms with Crippen molar-refractivity contribution in [1.29, 1.82) is 0 Å². The van der Waals surface area contributed by atoms with Crippen molar-refractivity contribution in [1.82, 2.24) is 20.6 Å². The SMILES string of the molecule is Cc1ccc(OCC(CON2C(=O)c3ccccc3C2=O)NC(=O)c2cc(C)nnc2Oc2cccc(C(F)(F)F)c2)c(C)c1. The number of alkyl halides is 3. The van der Waals surface area contributed by atoms with Gasteiger partial charge in [0.25, 0.3) is 23.6 Å². The molecule has 0 aliphatic carbocycles. The first kappa shape index (κ1) is 31.1. The summed E-state index contributed by atoms with van der Waals surface area (Å²) >= 11 is 0. The first-order chi connectivity index (χ1) is 21.4. The third-order valence-electron chi connectivity index (χ3n) is 6.77. The molecule has 45 heavy (non-hydrogen) atoms. The molecule has 0 spiro atoms. The van der Waals surface area contributed by atoms with Gasteiger partial charge in [0.05, 0.1) is 35.0 Å². The van der Waals surface area contributed by atoms with Crippen molar-refractivity contribution in [2.75, 3.05) is 13.2 Å². The summed E-state index contributed by atoms with van der Waals surface area (Å²) in [6.07, 6.45) is -4.61. The predicted octanol–water partition coefficient (Wildman–Crippen LogP) is 5.62. The van der Waals surface area contributed by atoms with Gasteiger partial charge in [-0.2, -0.15) is 18.3 Å². The van der Waals surface area contributed by atoms with Gasteiger partial charge in [0, 0.05) is 0 Å². The molecule has 2 heterocycles. The van der Waals surface area contributed by atoms with Crippen molar-refractivity contribution in [3.8, 4) is 17.4 Å². The molecule has 0 fully saturated rings. The first-order valence-corrected chi connectivity index (χ1v) is 13.7. The van der Waals surface area contributed by atoms with Crippen molar-refractivity contribution in [2.45, 2.75) is 33.0 Å². The Kier molecular flexibility index (Phi) is 8.82. The third-order valence-corrected chi connectivity index (χ3v) is 6.77. The van der Waals surface area contributed by atoms with Crippen LogP contribution in [0.15, 0.2) is 72.8 Å². The van der Waals surface area contributed by atoms with E-state index in [2.05, 4.69) is 15.5 Å². The average Bonchev–Trinajstić information content (AvgIpc) is 3.24. The molecule has 13 heteroatoms. The summed E-state index contributed by atoms with van der Waals surface area (Å²) in [5, 5.41) is 11.1. The Hall–Kier alpha value is -5.30. The summed E-state index contributed by atoms with van der Waals surface area (Å²) in [4.78, 5) is 44.8. The van der Waals surface area contributed by atoms with Gasteiger partial charge in [-0.3, -0.25) is 19.2 Å². The second-order valence-electron chi connectivity index (χ2n) is 10.3. The van der Waals surface area contributed by atoms with Crippen molar-refractivity contribution >= 4 is 17.7 Å². The number of ether oxygens (including phenoxy) is 2. The monoisotopic (exact) mass is 620 g/mol. The zero-order valence-corrected chi connectivity index (χ0v) is 24.3. The van der Waals surface area contributed by atoms with E-state index in [-0.39, 0.29) is 41.5 Å². The second-order valence-corrected chi connectivity index (χ2v) is 10.3. The predicted molar refractivity (Wildman–Crippen MR) is 154 cm³/mol. The number of carbonyl (C=O) groups is 3. The molecule has 4 aromatic rings. The normalized spacial score (nSPS) is 13.4. The molecule has 1 aliphatic heterocycles. The van der Waals surface area contributed by atoms with Crippen LogP contribution in [0.1, 0.15) is 53.5 Å². The standard InChI is InChI=1S/C32H27F3N4O6/c1-18-11-12-27(19(2)13-18)43-16-22(17-44-39-30(41)24-9-4-5-10-25(24)31(39)42)36-28(40)26-14-20(3)37-38-29(26)45-23-8-6-7-21(15-23)32(33,34)35/h4-15,22H,16-17H2,1-3H3,(H,36,40). The van der Waals surface area contributed by atoms with Gasteiger partial charge in [0.15, 0.2) is 0 Å². The molecular formula is C32H27F3N4O6. The Morgan fingerprint density at radius 3 is 2.27 bits per heavy atom. The molecule has 1 atom stereocenters. The average molecular weight is 621 g/mol. The molecule has 232 valence electrons. The molecule has 1 unspecified atom stereocenters. The van der Waals surface area contributed by atoms with Crippen LogP contribution in [-0.4, -0.2) is 52.2 Å². The van der Waals surface area contributed by atoms with Gasteiger partial charge in [-0.25, -0.2) is 0 Å². The lowest BCUT2D eigenvalue weighted by atomic mass is 10.1. The number of rotatable bonds is 10. The molecule has 10 nitrogen and oxygen atoms in total. The highest BCUT2D eigenvalue weighted by Gasteiger charge is 2.37. The van der Waals surface area contributed by atoms with Crippen molar-refractivity contribution in [3.05, 3.63) is 112 Å². The Labute approximate surface area is 255 Å². The summed E-state index contributed by atoms with van der Waals surface area (Å²) in [6.45, 7) is 4.86. The topological polar surface area (TPSA) is 120 Å². The molecule has 3 amide bonds. The first-order valence-electron chi connectivity index (χ1n) is 13.7. The lowest BCUT2D eigenvalue weighted by molar-refractivity contribution is -0.137. The van der Waals surface area contributed by atoms with Crippen molar-refractivity contribution in [3.63, 3.8) is 0 Å². The Morgan fingerprint density at radius 2 is 1.60 bits per heavy atom. The van der Waals surface area contributed by atoms with Gasteiger partial charge in [-0.15, -0.1) is 10.2 Å². The van der Waals surface area contributed by atoms with Crippen LogP contribution in [-0.2, 0) is 11.0 Å². The zero-order chi connectivity index (χ0) is 32.3. The number of aromatic nitrogens is 2. The number of hydroxylamine groups is 2. The lowest BCUT2D eigenvalue weighted by Crippen LogP contribution is -2.45. The maximum atomic E-state index is 13.6. The number of nitrogens with one attached hydrogen (secondary N) is 1. The smallest absolute Gasteiger partial charge is 0.416 e. The van der Waals surface area contributed by atoms with Gasteiger partial charge in [0.2, 0.25) is 0 Å². The zero-order valence-electron chi connectivity index (χ0n) is 24.3. The minimum atomic E-state index is -4.61. The van der Waals surface area contributed by atoms with E-state index in [0.717, 1.165) is 29.3 Å². The molecule has 0 saturated carbocycles. The number of hydrogen-bond acceptors (Lipinski definition) is 8. The number of aryl methyl sites for hydroxylation is 3. The minimum Gasteiger partial charge on any atom is -0.491 e. The summed E-state index contributed by atoms with van der Waals surface area (Å²) in [5.41, 5.74) is 1.49. The van der Waals surface area contributed by atoms with E-state index < -0.39 is 35.5 Å². The number of amides is 3. The number of benzene rings is 3. The van der Waals surface area contributed by atoms with Crippen molar-refractivity contribution in [2.24, 2.45) is 0 Å². The number of halogens is 3. The molecule has 1 aromatic heterocycles. The molecule has 1 N–H and O–H groups in total. The van der Waals surface area contributed by atoms with Crippen LogP contribution >= 0.6 is 0 Å². The van der Waals surface area contributed by atoms with E-state index in [0.29, 0.717) is 16.5 Å². The van der Waals surface area contributed by atoms with Gasteiger partial charge >= 0.3 is 6.18 Å². The summed E-state index contributed by atoms with van der Waals surface area (Å²) in [7, 11) is 0. The fourth-order valence-electron chi connectivity index (χ4n) is 4.56. The number of nitrogens with zero attached hydrogens (tertiary/aromatic N) is 3. The van der Waals surface area contributed by atoms with Gasteiger partial charge in [-0.1, -0.05) is 35.9 Å². The number of hydrogen-bond donors (Lipinski definition) is 1. The molecule has 1 aliphatic rings. The van der Waals surface area contributed by atoms with Gasteiger partial charge in [-0.05, 0) is 68.8 Å². The molecule has 0 radical (unpaired) electrons. The van der Waals surface area contributed by atoms with Crippen LogP contribution in [0.25, 0.3) is 0 Å². The highest BCUT2D eigenvalue weighted by atomic mass is 19.4. The highest BCUT2D eigenvalue weighted by Crippen LogP contribution is 2.33. The van der Waals surface area contributed by atoms with Gasteiger partial charge < -0.3 is 14.8 Å². The van der Waals surface area contributed by atoms with Crippen LogP contribution in [0.4, 0.5) is 13.2 Å².